The first-order chi connectivity index (χ1) is 21.2. The van der Waals surface area contributed by atoms with Gasteiger partial charge in [-0.1, -0.05) is 58.0 Å². The average Bonchev–Trinajstić information content (AvgIpc) is 3.57. The van der Waals surface area contributed by atoms with E-state index < -0.39 is 0 Å². The summed E-state index contributed by atoms with van der Waals surface area (Å²) in [5.74, 6) is 5.51. The number of guanidine groups is 2. The normalized spacial score (nSPS) is 32.7. The Morgan fingerprint density at radius 2 is 1.73 bits per heavy atom. The summed E-state index contributed by atoms with van der Waals surface area (Å²) in [6.07, 6.45) is 13.1. The summed E-state index contributed by atoms with van der Waals surface area (Å²) in [5, 5.41) is 0. The number of rotatable bonds is 13. The minimum Gasteiger partial charge on any atom is -0.370 e. The lowest BCUT2D eigenvalue weighted by molar-refractivity contribution is -0.0466. The Morgan fingerprint density at radius 1 is 1.05 bits per heavy atom. The van der Waals surface area contributed by atoms with Crippen LogP contribution in [0.5, 0.6) is 0 Å². The zero-order valence-electron chi connectivity index (χ0n) is 28.2. The first kappa shape index (κ1) is 31.7. The lowest BCUT2D eigenvalue weighted by Gasteiger charge is -2.56. The van der Waals surface area contributed by atoms with Gasteiger partial charge in [-0.2, -0.15) is 0 Å². The van der Waals surface area contributed by atoms with Crippen molar-refractivity contribution < 1.29 is 0 Å². The Bertz CT molecular complexity index is 1110. The van der Waals surface area contributed by atoms with Crippen LogP contribution in [0.4, 0.5) is 0 Å². The van der Waals surface area contributed by atoms with Gasteiger partial charge >= 0.3 is 0 Å². The van der Waals surface area contributed by atoms with Crippen LogP contribution in [0.2, 0.25) is 0 Å². The Hall–Kier alpha value is -2.28. The topological polar surface area (TPSA) is 86.5 Å². The van der Waals surface area contributed by atoms with E-state index in [1.54, 1.807) is 0 Å². The minimum atomic E-state index is 0.280. The van der Waals surface area contributed by atoms with Gasteiger partial charge in [0, 0.05) is 38.3 Å². The molecule has 1 saturated heterocycles. The molecule has 6 aliphatic rings. The number of hydrogen-bond donors (Lipinski definition) is 2. The third kappa shape index (κ3) is 7.24. The number of hydrogen-bond acceptors (Lipinski definition) is 5. The van der Waals surface area contributed by atoms with E-state index in [1.165, 1.54) is 56.9 Å². The predicted molar refractivity (Wildman–Crippen MR) is 184 cm³/mol. The van der Waals surface area contributed by atoms with E-state index in [-0.39, 0.29) is 6.04 Å². The van der Waals surface area contributed by atoms with Gasteiger partial charge in [-0.25, -0.2) is 0 Å². The number of benzene rings is 1. The van der Waals surface area contributed by atoms with Crippen LogP contribution in [-0.2, 0) is 6.42 Å². The number of nitrogens with two attached hydrogens (primary N) is 2. The Labute approximate surface area is 267 Å². The fourth-order valence-corrected chi connectivity index (χ4v) is 10.1. The van der Waals surface area contributed by atoms with Crippen LogP contribution in [0, 0.1) is 35.0 Å². The fraction of sp³-hybridized carbons (Fsp3) is 0.784. The first-order valence-corrected chi connectivity index (χ1v) is 18.1. The summed E-state index contributed by atoms with van der Waals surface area (Å²) in [7, 11) is 0. The fourth-order valence-electron chi connectivity index (χ4n) is 10.1. The molecule has 7 rings (SSSR count). The van der Waals surface area contributed by atoms with Crippen molar-refractivity contribution in [2.45, 2.75) is 110 Å². The van der Waals surface area contributed by atoms with Gasteiger partial charge in [0.1, 0.15) is 0 Å². The molecule has 0 radical (unpaired) electrons. The lowest BCUT2D eigenvalue weighted by Crippen LogP contribution is -2.55. The van der Waals surface area contributed by atoms with Crippen molar-refractivity contribution in [3.05, 3.63) is 35.9 Å². The second kappa shape index (κ2) is 13.6. The van der Waals surface area contributed by atoms with Gasteiger partial charge in [0.05, 0.1) is 12.6 Å². The van der Waals surface area contributed by atoms with Crippen LogP contribution < -0.4 is 11.5 Å². The van der Waals surface area contributed by atoms with Crippen LogP contribution in [0.1, 0.15) is 91.0 Å². The van der Waals surface area contributed by atoms with E-state index in [2.05, 4.69) is 77.7 Å². The minimum absolute atomic E-state index is 0.280. The molecule has 7 heteroatoms. The summed E-state index contributed by atoms with van der Waals surface area (Å²) in [5.41, 5.74) is 15.4. The molecule has 5 fully saturated rings. The van der Waals surface area contributed by atoms with Crippen LogP contribution in [-0.4, -0.2) is 84.0 Å². The summed E-state index contributed by atoms with van der Waals surface area (Å²) in [4.78, 5) is 17.6. The summed E-state index contributed by atoms with van der Waals surface area (Å²) in [6, 6.07) is 12.2. The van der Waals surface area contributed by atoms with Crippen molar-refractivity contribution in [3.63, 3.8) is 0 Å². The number of aliphatic imine (C=N–C) groups is 2. The SMILES string of the molecule is CC(C)CCN(C(N)=NCC12CC3CC(CC(C3)C1)C2)[C@H](Cc1ccccc1)CN1CCC[C@H]1CN1C(N)=NC[C@H]1C(C)C. The first-order valence-electron chi connectivity index (χ1n) is 18.1. The highest BCUT2D eigenvalue weighted by molar-refractivity contribution is 5.80. The average molecular weight is 604 g/mol. The summed E-state index contributed by atoms with van der Waals surface area (Å²) >= 11 is 0. The van der Waals surface area contributed by atoms with E-state index in [1.807, 2.05) is 0 Å². The van der Waals surface area contributed by atoms with Crippen molar-refractivity contribution in [2.24, 2.45) is 56.5 Å². The van der Waals surface area contributed by atoms with E-state index in [0.717, 1.165) is 81.8 Å². The molecular weight excluding hydrogens is 542 g/mol. The van der Waals surface area contributed by atoms with Crippen molar-refractivity contribution in [3.8, 4) is 0 Å². The molecular formula is C37H61N7. The molecule has 244 valence electrons. The molecule has 0 aromatic heterocycles. The number of likely N-dealkylation sites (tertiary alicyclic amines) is 1. The Kier molecular flexibility index (Phi) is 9.80. The third-order valence-electron chi connectivity index (χ3n) is 12.0. The highest BCUT2D eigenvalue weighted by Crippen LogP contribution is 2.60. The maximum atomic E-state index is 7.12. The van der Waals surface area contributed by atoms with Crippen molar-refractivity contribution in [1.82, 2.24) is 14.7 Å². The molecule has 4 saturated carbocycles. The quantitative estimate of drug-likeness (QED) is 0.227. The molecule has 0 unspecified atom stereocenters. The predicted octanol–water partition coefficient (Wildman–Crippen LogP) is 5.60. The highest BCUT2D eigenvalue weighted by atomic mass is 15.4. The van der Waals surface area contributed by atoms with Crippen molar-refractivity contribution >= 4 is 11.9 Å². The van der Waals surface area contributed by atoms with Gasteiger partial charge in [0.2, 0.25) is 0 Å². The highest BCUT2D eigenvalue weighted by Gasteiger charge is 2.50. The second-order valence-corrected chi connectivity index (χ2v) is 16.3. The van der Waals surface area contributed by atoms with E-state index in [4.69, 9.17) is 16.5 Å². The molecule has 7 nitrogen and oxygen atoms in total. The monoisotopic (exact) mass is 603 g/mol. The van der Waals surface area contributed by atoms with Crippen molar-refractivity contribution in [2.75, 3.05) is 39.3 Å². The molecule has 1 aromatic carbocycles. The standard InChI is InChI=1S/C37H61N7/c1-26(2)12-14-43(36(39)41-25-37-19-29-15-30(20-37)17-31(16-29)21-37)33(18-28-9-6-5-7-10-28)23-42-13-8-11-32(42)24-44-34(27(3)4)22-40-35(44)38/h5-7,9-10,26-27,29-34H,8,11-25H2,1-4H3,(H2,38,40)(H2,39,41)/t29?,30?,31?,32-,33+,34-,37?/m0/s1. The van der Waals surface area contributed by atoms with E-state index >= 15 is 0 Å². The van der Waals surface area contributed by atoms with Crippen LogP contribution >= 0.6 is 0 Å². The molecule has 4 N–H and O–H groups in total. The maximum Gasteiger partial charge on any atom is 0.191 e. The molecule has 4 aliphatic carbocycles. The summed E-state index contributed by atoms with van der Waals surface area (Å²) < 4.78 is 0. The Balaban J connectivity index is 1.22. The molecule has 4 bridgehead atoms. The molecule has 1 aromatic rings. The molecule has 0 spiro atoms. The zero-order valence-corrected chi connectivity index (χ0v) is 28.2. The molecule has 2 heterocycles. The molecule has 0 amide bonds. The van der Waals surface area contributed by atoms with Crippen LogP contribution in [0.15, 0.2) is 40.3 Å². The van der Waals surface area contributed by atoms with E-state index in [9.17, 15) is 0 Å². The smallest absolute Gasteiger partial charge is 0.191 e. The lowest BCUT2D eigenvalue weighted by atomic mass is 9.49. The van der Waals surface area contributed by atoms with Gasteiger partial charge in [-0.3, -0.25) is 14.9 Å². The molecule has 44 heavy (non-hydrogen) atoms. The van der Waals surface area contributed by atoms with Crippen LogP contribution in [0.3, 0.4) is 0 Å². The third-order valence-corrected chi connectivity index (χ3v) is 12.0. The van der Waals surface area contributed by atoms with Crippen molar-refractivity contribution in [1.29, 1.82) is 0 Å². The molecule has 3 atom stereocenters. The zero-order chi connectivity index (χ0) is 30.8. The summed E-state index contributed by atoms with van der Waals surface area (Å²) in [6.45, 7) is 15.1. The van der Waals surface area contributed by atoms with Gasteiger partial charge in [-0.05, 0) is 111 Å². The van der Waals surface area contributed by atoms with Crippen LogP contribution in [0.25, 0.3) is 0 Å². The largest absolute Gasteiger partial charge is 0.370 e. The van der Waals surface area contributed by atoms with Gasteiger partial charge < -0.3 is 21.3 Å². The second-order valence-electron chi connectivity index (χ2n) is 16.3. The molecule has 2 aliphatic heterocycles. The van der Waals surface area contributed by atoms with Gasteiger partial charge in [-0.15, -0.1) is 0 Å². The van der Waals surface area contributed by atoms with Gasteiger partial charge in [0.15, 0.2) is 11.9 Å². The van der Waals surface area contributed by atoms with E-state index in [0.29, 0.717) is 29.3 Å². The van der Waals surface area contributed by atoms with Gasteiger partial charge in [0.25, 0.3) is 0 Å². The maximum absolute atomic E-state index is 7.12. The number of nitrogens with zero attached hydrogens (tertiary/aromatic N) is 5. The Morgan fingerprint density at radius 3 is 2.36 bits per heavy atom.